The van der Waals surface area contributed by atoms with E-state index in [4.69, 9.17) is 17.3 Å². The maximum atomic E-state index is 12.4. The lowest BCUT2D eigenvalue weighted by Crippen LogP contribution is -2.41. The molecule has 1 heterocycles. The maximum absolute atomic E-state index is 12.4. The molecule has 0 amide bonds. The smallest absolute Gasteiger partial charge is 0.252 e. The van der Waals surface area contributed by atoms with Gasteiger partial charge < -0.3 is 5.73 Å². The first kappa shape index (κ1) is 15.9. The van der Waals surface area contributed by atoms with Crippen molar-refractivity contribution in [1.82, 2.24) is 4.31 Å². The summed E-state index contributed by atoms with van der Waals surface area (Å²) >= 11 is 6.87. The van der Waals surface area contributed by atoms with Crippen molar-refractivity contribution in [2.24, 2.45) is 11.1 Å². The molecule has 0 aromatic carbocycles. The van der Waals surface area contributed by atoms with Gasteiger partial charge in [0.25, 0.3) is 10.0 Å². The molecule has 0 spiro atoms. The van der Waals surface area contributed by atoms with Gasteiger partial charge in [-0.2, -0.15) is 4.31 Å². The molecule has 0 aliphatic carbocycles. The van der Waals surface area contributed by atoms with Crippen LogP contribution in [-0.4, -0.2) is 32.4 Å². The molecule has 7 heteroatoms. The molecule has 0 aliphatic rings. The van der Waals surface area contributed by atoms with Crippen LogP contribution in [0.15, 0.2) is 16.3 Å². The van der Waals surface area contributed by atoms with Crippen LogP contribution in [0.1, 0.15) is 20.8 Å². The van der Waals surface area contributed by atoms with E-state index in [9.17, 15) is 8.42 Å². The standard InChI is InChI=1S/C11H19ClN2O2S2/c1-4-14(8-11(2,3)7-13)18(15,16)10-6-5-9(12)17-10/h5-6H,4,7-8,13H2,1-3H3. The van der Waals surface area contributed by atoms with Crippen molar-refractivity contribution in [3.05, 3.63) is 16.5 Å². The molecule has 0 fully saturated rings. The van der Waals surface area contributed by atoms with Crippen molar-refractivity contribution < 1.29 is 8.42 Å². The van der Waals surface area contributed by atoms with Crippen LogP contribution in [0.2, 0.25) is 4.34 Å². The van der Waals surface area contributed by atoms with Crippen molar-refractivity contribution >= 4 is 33.0 Å². The second-order valence-electron chi connectivity index (χ2n) is 4.86. The number of nitrogens with zero attached hydrogens (tertiary/aromatic N) is 1. The third kappa shape index (κ3) is 3.68. The lowest BCUT2D eigenvalue weighted by atomic mass is 9.94. The van der Waals surface area contributed by atoms with E-state index in [0.29, 0.717) is 24.0 Å². The van der Waals surface area contributed by atoms with Crippen LogP contribution >= 0.6 is 22.9 Å². The monoisotopic (exact) mass is 310 g/mol. The van der Waals surface area contributed by atoms with Crippen LogP contribution in [0.5, 0.6) is 0 Å². The molecule has 18 heavy (non-hydrogen) atoms. The molecule has 4 nitrogen and oxygen atoms in total. The lowest BCUT2D eigenvalue weighted by molar-refractivity contribution is 0.273. The Kier molecular flexibility index (Phi) is 5.20. The van der Waals surface area contributed by atoms with Gasteiger partial charge in [0.1, 0.15) is 4.21 Å². The summed E-state index contributed by atoms with van der Waals surface area (Å²) < 4.78 is 27.0. The molecule has 0 atom stereocenters. The van der Waals surface area contributed by atoms with Gasteiger partial charge in [0, 0.05) is 13.1 Å². The number of nitrogens with two attached hydrogens (primary N) is 1. The molecule has 0 unspecified atom stereocenters. The number of hydrogen-bond acceptors (Lipinski definition) is 4. The summed E-state index contributed by atoms with van der Waals surface area (Å²) in [5, 5.41) is 0. The summed E-state index contributed by atoms with van der Waals surface area (Å²) in [4.78, 5) is 0. The van der Waals surface area contributed by atoms with Gasteiger partial charge >= 0.3 is 0 Å². The molecule has 1 rings (SSSR count). The fourth-order valence-corrected chi connectivity index (χ4v) is 4.75. The molecular weight excluding hydrogens is 292 g/mol. The van der Waals surface area contributed by atoms with Gasteiger partial charge in [-0.05, 0) is 24.1 Å². The third-order valence-corrected chi connectivity index (χ3v) is 6.27. The minimum atomic E-state index is -3.46. The second kappa shape index (κ2) is 5.88. The quantitative estimate of drug-likeness (QED) is 0.877. The Balaban J connectivity index is 3.01. The average molecular weight is 311 g/mol. The SMILES string of the molecule is CCN(CC(C)(C)CN)S(=O)(=O)c1ccc(Cl)s1. The molecular formula is C11H19ClN2O2S2. The van der Waals surface area contributed by atoms with Crippen LogP contribution in [0.4, 0.5) is 0 Å². The highest BCUT2D eigenvalue weighted by Gasteiger charge is 2.29. The Morgan fingerprint density at radius 3 is 2.44 bits per heavy atom. The molecule has 1 aromatic heterocycles. The summed E-state index contributed by atoms with van der Waals surface area (Å²) in [7, 11) is -3.46. The van der Waals surface area contributed by atoms with Gasteiger partial charge in [-0.1, -0.05) is 32.4 Å². The number of halogens is 1. The van der Waals surface area contributed by atoms with Gasteiger partial charge in [0.2, 0.25) is 0 Å². The van der Waals surface area contributed by atoms with Gasteiger partial charge in [-0.25, -0.2) is 8.42 Å². The van der Waals surface area contributed by atoms with Crippen LogP contribution < -0.4 is 5.73 Å². The van der Waals surface area contributed by atoms with Crippen LogP contribution in [0, 0.1) is 5.41 Å². The predicted molar refractivity (Wildman–Crippen MR) is 76.6 cm³/mol. The van der Waals surface area contributed by atoms with E-state index in [0.717, 1.165) is 11.3 Å². The number of sulfonamides is 1. The van der Waals surface area contributed by atoms with Crippen molar-refractivity contribution in [3.63, 3.8) is 0 Å². The lowest BCUT2D eigenvalue weighted by Gasteiger charge is -2.29. The molecule has 0 saturated heterocycles. The molecule has 2 N–H and O–H groups in total. The predicted octanol–water partition coefficient (Wildman–Crippen LogP) is 2.40. The average Bonchev–Trinajstić information content (AvgIpc) is 2.73. The third-order valence-electron chi connectivity index (χ3n) is 2.65. The van der Waals surface area contributed by atoms with Crippen molar-refractivity contribution in [3.8, 4) is 0 Å². The first-order valence-electron chi connectivity index (χ1n) is 5.68. The van der Waals surface area contributed by atoms with E-state index in [-0.39, 0.29) is 9.62 Å². The molecule has 104 valence electrons. The number of rotatable bonds is 6. The van der Waals surface area contributed by atoms with Crippen molar-refractivity contribution in [2.75, 3.05) is 19.6 Å². The molecule has 1 aromatic rings. The zero-order chi connectivity index (χ0) is 14.0. The Morgan fingerprint density at radius 2 is 2.06 bits per heavy atom. The van der Waals surface area contributed by atoms with Gasteiger partial charge in [-0.3, -0.25) is 0 Å². The Morgan fingerprint density at radius 1 is 1.44 bits per heavy atom. The largest absolute Gasteiger partial charge is 0.330 e. The molecule has 0 saturated carbocycles. The van der Waals surface area contributed by atoms with Crippen molar-refractivity contribution in [2.45, 2.75) is 25.0 Å². The van der Waals surface area contributed by atoms with Crippen molar-refractivity contribution in [1.29, 1.82) is 0 Å². The highest BCUT2D eigenvalue weighted by Crippen LogP contribution is 2.29. The highest BCUT2D eigenvalue weighted by molar-refractivity contribution is 7.91. The van der Waals surface area contributed by atoms with E-state index in [1.807, 2.05) is 20.8 Å². The minimum absolute atomic E-state index is 0.246. The Hall–Kier alpha value is -0.140. The van der Waals surface area contributed by atoms with Crippen LogP contribution in [0.3, 0.4) is 0 Å². The summed E-state index contributed by atoms with van der Waals surface area (Å²) in [5.74, 6) is 0. The fourth-order valence-electron chi connectivity index (χ4n) is 1.47. The highest BCUT2D eigenvalue weighted by atomic mass is 35.5. The van der Waals surface area contributed by atoms with Gasteiger partial charge in [0.05, 0.1) is 4.34 Å². The zero-order valence-corrected chi connectivity index (χ0v) is 13.2. The van der Waals surface area contributed by atoms with Gasteiger partial charge in [0.15, 0.2) is 0 Å². The zero-order valence-electron chi connectivity index (χ0n) is 10.8. The van der Waals surface area contributed by atoms with Crippen LogP contribution in [0.25, 0.3) is 0 Å². The Bertz CT molecular complexity index is 497. The normalized spacial score (nSPS) is 13.2. The van der Waals surface area contributed by atoms with Gasteiger partial charge in [-0.15, -0.1) is 11.3 Å². The second-order valence-corrected chi connectivity index (χ2v) is 8.74. The summed E-state index contributed by atoms with van der Waals surface area (Å²) in [5.41, 5.74) is 5.41. The van der Waals surface area contributed by atoms with E-state index in [1.54, 1.807) is 12.1 Å². The first-order valence-corrected chi connectivity index (χ1v) is 8.32. The summed E-state index contributed by atoms with van der Waals surface area (Å²) in [6.07, 6.45) is 0. The molecule has 0 aliphatic heterocycles. The minimum Gasteiger partial charge on any atom is -0.330 e. The number of thiophene rings is 1. The molecule has 0 bridgehead atoms. The summed E-state index contributed by atoms with van der Waals surface area (Å²) in [6.45, 7) is 6.97. The van der Waals surface area contributed by atoms with E-state index in [2.05, 4.69) is 0 Å². The first-order chi connectivity index (χ1) is 8.23. The van der Waals surface area contributed by atoms with E-state index < -0.39 is 10.0 Å². The van der Waals surface area contributed by atoms with E-state index in [1.165, 1.54) is 4.31 Å². The summed E-state index contributed by atoms with van der Waals surface area (Å²) in [6, 6.07) is 3.14. The number of hydrogen-bond donors (Lipinski definition) is 1. The molecule has 0 radical (unpaired) electrons. The maximum Gasteiger partial charge on any atom is 0.252 e. The Labute approximate surface area is 118 Å². The van der Waals surface area contributed by atoms with E-state index >= 15 is 0 Å². The van der Waals surface area contributed by atoms with Crippen LogP contribution in [-0.2, 0) is 10.0 Å². The topological polar surface area (TPSA) is 63.4 Å². The fraction of sp³-hybridized carbons (Fsp3) is 0.636.